The van der Waals surface area contributed by atoms with Gasteiger partial charge in [0, 0.05) is 22.9 Å². The summed E-state index contributed by atoms with van der Waals surface area (Å²) in [5.74, 6) is 1.02. The summed E-state index contributed by atoms with van der Waals surface area (Å²) in [4.78, 5) is 15.1. The molecule has 0 aliphatic carbocycles. The van der Waals surface area contributed by atoms with Crippen LogP contribution in [-0.4, -0.2) is 17.0 Å². The van der Waals surface area contributed by atoms with Gasteiger partial charge >= 0.3 is 6.03 Å². The van der Waals surface area contributed by atoms with Gasteiger partial charge in [0.15, 0.2) is 0 Å². The van der Waals surface area contributed by atoms with E-state index < -0.39 is 0 Å². The molecule has 1 heterocycles. The zero-order chi connectivity index (χ0) is 21.0. The summed E-state index contributed by atoms with van der Waals surface area (Å²) in [6, 6.07) is 0.135. The Labute approximate surface area is 163 Å². The number of allylic oxidation sites excluding steroid dienone is 4. The average molecular weight is 365 g/mol. The minimum atomic E-state index is -0.107. The van der Waals surface area contributed by atoms with Crippen molar-refractivity contribution in [1.29, 1.82) is 0 Å². The Bertz CT molecular complexity index is 543. The van der Waals surface area contributed by atoms with Crippen LogP contribution in [0.15, 0.2) is 22.5 Å². The zero-order valence-electron chi connectivity index (χ0n) is 19.7. The number of nitrogens with zero attached hydrogens (tertiary/aromatic N) is 1. The van der Waals surface area contributed by atoms with Gasteiger partial charge in [0.2, 0.25) is 0 Å². The summed E-state index contributed by atoms with van der Waals surface area (Å²) in [6.45, 7) is 28.1. The van der Waals surface area contributed by atoms with E-state index in [9.17, 15) is 4.79 Å². The number of hydrogen-bond acceptors (Lipinski definition) is 1. The molecule has 0 unspecified atom stereocenters. The Morgan fingerprint density at radius 3 is 1.46 bits per heavy atom. The maximum absolute atomic E-state index is 13.1. The number of carbonyl (C=O) groups excluding carboxylic acids is 1. The van der Waals surface area contributed by atoms with Gasteiger partial charge in [-0.2, -0.15) is 0 Å². The molecule has 3 nitrogen and oxygen atoms in total. The molecule has 0 radical (unpaired) electrons. The Morgan fingerprint density at radius 1 is 0.769 bits per heavy atom. The molecule has 1 aliphatic heterocycles. The van der Waals surface area contributed by atoms with E-state index in [0.29, 0.717) is 17.8 Å². The van der Waals surface area contributed by atoms with Crippen molar-refractivity contribution >= 4 is 6.03 Å². The first-order valence-electron chi connectivity index (χ1n) is 10.4. The van der Waals surface area contributed by atoms with Crippen molar-refractivity contribution in [2.45, 2.75) is 96.1 Å². The second kappa shape index (κ2) is 9.62. The molecule has 0 spiro atoms. The lowest BCUT2D eigenvalue weighted by molar-refractivity contribution is 0.195. The number of nitrogens with one attached hydrogen (secondary N) is 1. The predicted octanol–water partition coefficient (Wildman–Crippen LogP) is 6.97. The molecule has 152 valence electrons. The molecule has 0 fully saturated rings. The third kappa shape index (κ3) is 5.37. The lowest BCUT2D eigenvalue weighted by Crippen LogP contribution is -2.44. The second-order valence-corrected chi connectivity index (χ2v) is 9.20. The van der Waals surface area contributed by atoms with Crippen molar-refractivity contribution in [2.24, 2.45) is 23.2 Å². The maximum Gasteiger partial charge on any atom is 0.326 e. The van der Waals surface area contributed by atoms with Crippen LogP contribution in [-0.2, 0) is 0 Å². The topological polar surface area (TPSA) is 32.3 Å². The van der Waals surface area contributed by atoms with Crippen LogP contribution in [0.1, 0.15) is 90.0 Å². The van der Waals surface area contributed by atoms with Crippen LogP contribution in [0.4, 0.5) is 4.79 Å². The van der Waals surface area contributed by atoms with E-state index in [1.54, 1.807) is 0 Å². The van der Waals surface area contributed by atoms with Gasteiger partial charge in [-0.15, -0.1) is 0 Å². The summed E-state index contributed by atoms with van der Waals surface area (Å²) in [6.07, 6.45) is 0. The van der Waals surface area contributed by atoms with Crippen LogP contribution in [0, 0.1) is 23.2 Å². The first-order valence-corrected chi connectivity index (χ1v) is 10.4. The van der Waals surface area contributed by atoms with Crippen LogP contribution in [0.25, 0.3) is 0 Å². The largest absolute Gasteiger partial charge is 0.326 e. The number of hydrogen-bond donors (Lipinski definition) is 1. The Hall–Kier alpha value is -1.25. The highest BCUT2D eigenvalue weighted by Crippen LogP contribution is 2.41. The van der Waals surface area contributed by atoms with Crippen LogP contribution < -0.4 is 5.32 Å². The van der Waals surface area contributed by atoms with Crippen molar-refractivity contribution in [3.63, 3.8) is 0 Å². The van der Waals surface area contributed by atoms with Crippen LogP contribution in [0.3, 0.4) is 0 Å². The molecule has 0 aromatic rings. The molecule has 1 rings (SSSR count). The van der Waals surface area contributed by atoms with Gasteiger partial charge in [-0.3, -0.25) is 4.90 Å². The molecule has 1 aliphatic rings. The molecular formula is C23H44N2O. The van der Waals surface area contributed by atoms with Crippen molar-refractivity contribution in [1.82, 2.24) is 10.2 Å². The molecule has 0 saturated heterocycles. The monoisotopic (exact) mass is 364 g/mol. The fraction of sp³-hybridized carbons (Fsp3) is 0.783. The normalized spacial score (nSPS) is 16.5. The molecule has 0 aromatic carbocycles. The lowest BCUT2D eigenvalue weighted by Gasteiger charge is -2.33. The molecule has 0 aromatic heterocycles. The van der Waals surface area contributed by atoms with Crippen molar-refractivity contribution in [3.05, 3.63) is 22.5 Å². The van der Waals surface area contributed by atoms with Crippen LogP contribution in [0.5, 0.6) is 0 Å². The zero-order valence-corrected chi connectivity index (χ0v) is 19.7. The van der Waals surface area contributed by atoms with E-state index in [0.717, 1.165) is 5.70 Å². The summed E-state index contributed by atoms with van der Waals surface area (Å²) < 4.78 is 0. The number of amides is 2. The molecule has 26 heavy (non-hydrogen) atoms. The molecule has 1 N–H and O–H groups in total. The quantitative estimate of drug-likeness (QED) is 0.574. The van der Waals surface area contributed by atoms with Crippen molar-refractivity contribution < 1.29 is 4.79 Å². The second-order valence-electron chi connectivity index (χ2n) is 9.20. The molecule has 2 amide bonds. The van der Waals surface area contributed by atoms with Crippen molar-refractivity contribution in [3.8, 4) is 0 Å². The van der Waals surface area contributed by atoms with Crippen LogP contribution in [0.2, 0.25) is 0 Å². The van der Waals surface area contributed by atoms with Gasteiger partial charge in [0.05, 0.1) is 0 Å². The number of carbonyl (C=O) groups is 1. The third-order valence-electron chi connectivity index (χ3n) is 4.51. The van der Waals surface area contributed by atoms with Gasteiger partial charge < -0.3 is 5.32 Å². The first-order chi connectivity index (χ1) is 11.8. The van der Waals surface area contributed by atoms with E-state index in [-0.39, 0.29) is 17.5 Å². The third-order valence-corrected chi connectivity index (χ3v) is 4.51. The maximum atomic E-state index is 13.1. The smallest absolute Gasteiger partial charge is 0.310 e. The van der Waals surface area contributed by atoms with Gasteiger partial charge in [-0.05, 0) is 42.7 Å². The van der Waals surface area contributed by atoms with Gasteiger partial charge in [-0.25, -0.2) is 4.79 Å². The lowest BCUT2D eigenvalue weighted by atomic mass is 9.78. The molecule has 0 atom stereocenters. The number of rotatable bonds is 4. The highest BCUT2D eigenvalue weighted by Gasteiger charge is 2.37. The van der Waals surface area contributed by atoms with Crippen LogP contribution >= 0.6 is 0 Å². The molecule has 0 bridgehead atoms. The minimum absolute atomic E-state index is 0.00688. The summed E-state index contributed by atoms with van der Waals surface area (Å²) in [5.41, 5.74) is 4.81. The SMILES string of the molecule is CC.CC(C)C1=C(C(C)C)N(C(C)C)C(=O)NC(C(C)(C)C)=C1C(C)C. The fourth-order valence-electron chi connectivity index (χ4n) is 3.65. The predicted molar refractivity (Wildman–Crippen MR) is 115 cm³/mol. The van der Waals surface area contributed by atoms with E-state index in [1.807, 2.05) is 18.7 Å². The fourth-order valence-corrected chi connectivity index (χ4v) is 3.65. The van der Waals surface area contributed by atoms with Crippen molar-refractivity contribution in [2.75, 3.05) is 0 Å². The Morgan fingerprint density at radius 2 is 1.19 bits per heavy atom. The van der Waals surface area contributed by atoms with Gasteiger partial charge in [0.25, 0.3) is 0 Å². The highest BCUT2D eigenvalue weighted by atomic mass is 16.2. The average Bonchev–Trinajstić information content (AvgIpc) is 2.62. The molecular weight excluding hydrogens is 320 g/mol. The van der Waals surface area contributed by atoms with E-state index >= 15 is 0 Å². The Balaban J connectivity index is 0.00000301. The summed E-state index contributed by atoms with van der Waals surface area (Å²) in [7, 11) is 0. The first kappa shape index (κ1) is 24.8. The summed E-state index contributed by atoms with van der Waals surface area (Å²) >= 11 is 0. The van der Waals surface area contributed by atoms with E-state index in [4.69, 9.17) is 0 Å². The highest BCUT2D eigenvalue weighted by molar-refractivity contribution is 5.81. The number of urea groups is 1. The molecule has 3 heteroatoms. The molecule has 0 saturated carbocycles. The van der Waals surface area contributed by atoms with Gasteiger partial charge in [-0.1, -0.05) is 76.2 Å². The summed E-state index contributed by atoms with van der Waals surface area (Å²) in [5, 5.41) is 3.28. The van der Waals surface area contributed by atoms with E-state index in [1.165, 1.54) is 16.8 Å². The van der Waals surface area contributed by atoms with Gasteiger partial charge in [0.1, 0.15) is 0 Å². The minimum Gasteiger partial charge on any atom is -0.310 e. The van der Waals surface area contributed by atoms with E-state index in [2.05, 4.69) is 81.5 Å². The standard InChI is InChI=1S/C21H38N2O.C2H6/c1-12(2)16-17(13(3)4)19(21(9,10)11)22-20(24)23(15(7)8)18(16)14(5)6;1-2/h12-15H,1-11H3,(H,22,24);1-2H3. The Kier molecular flexibility index (Phi) is 9.16.